The number of fused-ring (bicyclic) bond motifs is 1. The molecule has 2 heterocycles. The first-order valence-corrected chi connectivity index (χ1v) is 7.14. The number of pyridine rings is 1. The second-order valence-electron chi connectivity index (χ2n) is 5.61. The van der Waals surface area contributed by atoms with Crippen molar-refractivity contribution in [1.82, 2.24) is 20.3 Å². The van der Waals surface area contributed by atoms with E-state index in [1.54, 1.807) is 6.92 Å². The fourth-order valence-corrected chi connectivity index (χ4v) is 2.58. The number of carbonyl (C=O) groups excluding carboxylic acids is 1. The van der Waals surface area contributed by atoms with Gasteiger partial charge in [0.2, 0.25) is 0 Å². The summed E-state index contributed by atoms with van der Waals surface area (Å²) < 4.78 is 0. The first kappa shape index (κ1) is 14.5. The number of aromatic nitrogens is 3. The van der Waals surface area contributed by atoms with Crippen LogP contribution >= 0.6 is 0 Å². The summed E-state index contributed by atoms with van der Waals surface area (Å²) in [5.41, 5.74) is 5.34. The zero-order valence-corrected chi connectivity index (χ0v) is 12.1. The number of aromatic amines is 2. The van der Waals surface area contributed by atoms with Crippen LogP contribution in [0.4, 0.5) is 0 Å². The fraction of sp³-hybridized carbons (Fsp3) is 0.429. The van der Waals surface area contributed by atoms with E-state index in [2.05, 4.69) is 20.3 Å². The van der Waals surface area contributed by atoms with Gasteiger partial charge in [-0.1, -0.05) is 0 Å². The first-order chi connectivity index (χ1) is 10.5. The maximum Gasteiger partial charge on any atom is 0.327 e. The minimum absolute atomic E-state index is 0.0662. The number of aryl methyl sites for hydroxylation is 1. The molecule has 8 nitrogen and oxygen atoms in total. The maximum atomic E-state index is 12.3. The SMILES string of the molecule is Cc1cc(C(=O)NC(CN)C2CC2)nc2[nH]c(=O)[nH]c(=O)c12. The Morgan fingerprint density at radius 3 is 2.82 bits per heavy atom. The molecule has 1 aliphatic rings. The van der Waals surface area contributed by atoms with E-state index in [4.69, 9.17) is 5.73 Å². The van der Waals surface area contributed by atoms with E-state index in [-0.39, 0.29) is 28.7 Å². The van der Waals surface area contributed by atoms with E-state index in [1.807, 2.05) is 0 Å². The second kappa shape index (κ2) is 5.38. The van der Waals surface area contributed by atoms with Gasteiger partial charge in [-0.05, 0) is 37.3 Å². The average molecular weight is 303 g/mol. The molecule has 2 aromatic heterocycles. The summed E-state index contributed by atoms with van der Waals surface area (Å²) in [5, 5.41) is 3.13. The lowest BCUT2D eigenvalue weighted by molar-refractivity contribution is 0.0928. The second-order valence-corrected chi connectivity index (χ2v) is 5.61. The lowest BCUT2D eigenvalue weighted by Crippen LogP contribution is -2.42. The molecule has 0 spiro atoms. The van der Waals surface area contributed by atoms with Crippen LogP contribution in [0, 0.1) is 12.8 Å². The Labute approximate surface area is 125 Å². The molecule has 1 aliphatic carbocycles. The van der Waals surface area contributed by atoms with Gasteiger partial charge in [0, 0.05) is 12.6 Å². The molecule has 3 rings (SSSR count). The summed E-state index contributed by atoms with van der Waals surface area (Å²) in [6.45, 7) is 2.06. The van der Waals surface area contributed by atoms with Gasteiger partial charge in [-0.15, -0.1) is 0 Å². The van der Waals surface area contributed by atoms with Crippen LogP contribution in [0.3, 0.4) is 0 Å². The van der Waals surface area contributed by atoms with Crippen LogP contribution in [0.2, 0.25) is 0 Å². The van der Waals surface area contributed by atoms with E-state index >= 15 is 0 Å². The van der Waals surface area contributed by atoms with Crippen molar-refractivity contribution in [3.8, 4) is 0 Å². The highest BCUT2D eigenvalue weighted by molar-refractivity contribution is 5.95. The normalized spacial score (nSPS) is 15.7. The number of amides is 1. The van der Waals surface area contributed by atoms with Crippen molar-refractivity contribution in [2.24, 2.45) is 11.7 Å². The molecule has 1 amide bonds. The number of H-pyrrole nitrogens is 2. The van der Waals surface area contributed by atoms with Gasteiger partial charge in [0.1, 0.15) is 11.3 Å². The van der Waals surface area contributed by atoms with Gasteiger partial charge in [-0.2, -0.15) is 0 Å². The van der Waals surface area contributed by atoms with Crippen molar-refractivity contribution in [3.63, 3.8) is 0 Å². The number of carbonyl (C=O) groups is 1. The molecule has 5 N–H and O–H groups in total. The van der Waals surface area contributed by atoms with Crippen LogP contribution in [0.25, 0.3) is 11.0 Å². The summed E-state index contributed by atoms with van der Waals surface area (Å²) in [6.07, 6.45) is 2.13. The van der Waals surface area contributed by atoms with Gasteiger partial charge in [-0.25, -0.2) is 9.78 Å². The van der Waals surface area contributed by atoms with Crippen LogP contribution in [-0.4, -0.2) is 33.4 Å². The summed E-state index contributed by atoms with van der Waals surface area (Å²) in [5.74, 6) is 0.0756. The highest BCUT2D eigenvalue weighted by Gasteiger charge is 2.31. The van der Waals surface area contributed by atoms with Crippen molar-refractivity contribution < 1.29 is 4.79 Å². The predicted octanol–water partition coefficient (Wildman–Crippen LogP) is -0.613. The molecule has 1 fully saturated rings. The largest absolute Gasteiger partial charge is 0.346 e. The van der Waals surface area contributed by atoms with Crippen LogP contribution in [0.1, 0.15) is 28.9 Å². The third-order valence-corrected chi connectivity index (χ3v) is 3.90. The molecular formula is C14H17N5O3. The lowest BCUT2D eigenvalue weighted by atomic mass is 10.1. The third kappa shape index (κ3) is 2.64. The Morgan fingerprint density at radius 2 is 2.18 bits per heavy atom. The number of nitrogens with zero attached hydrogens (tertiary/aromatic N) is 1. The van der Waals surface area contributed by atoms with Gasteiger partial charge in [-0.3, -0.25) is 19.6 Å². The number of nitrogens with two attached hydrogens (primary N) is 1. The molecule has 22 heavy (non-hydrogen) atoms. The van der Waals surface area contributed by atoms with E-state index in [0.29, 0.717) is 18.0 Å². The van der Waals surface area contributed by atoms with Gasteiger partial charge in [0.05, 0.1) is 5.39 Å². The molecule has 8 heteroatoms. The van der Waals surface area contributed by atoms with E-state index < -0.39 is 11.2 Å². The number of rotatable bonds is 4. The molecule has 0 aliphatic heterocycles. The molecule has 1 atom stereocenters. The van der Waals surface area contributed by atoms with Gasteiger partial charge in [0.25, 0.3) is 11.5 Å². The summed E-state index contributed by atoms with van der Waals surface area (Å²) in [4.78, 5) is 44.1. The summed E-state index contributed by atoms with van der Waals surface area (Å²) in [7, 11) is 0. The Balaban J connectivity index is 1.98. The van der Waals surface area contributed by atoms with Gasteiger partial charge >= 0.3 is 5.69 Å². The highest BCUT2D eigenvalue weighted by atomic mass is 16.2. The minimum Gasteiger partial charge on any atom is -0.346 e. The Bertz CT molecular complexity index is 850. The molecule has 116 valence electrons. The van der Waals surface area contributed by atoms with Crippen molar-refractivity contribution in [2.75, 3.05) is 6.54 Å². The zero-order valence-electron chi connectivity index (χ0n) is 12.1. The average Bonchev–Trinajstić information content (AvgIpc) is 3.27. The molecule has 1 saturated carbocycles. The molecular weight excluding hydrogens is 286 g/mol. The zero-order chi connectivity index (χ0) is 15.9. The smallest absolute Gasteiger partial charge is 0.327 e. The van der Waals surface area contributed by atoms with Crippen LogP contribution in [0.5, 0.6) is 0 Å². The Morgan fingerprint density at radius 1 is 1.45 bits per heavy atom. The minimum atomic E-state index is -0.653. The molecule has 0 saturated heterocycles. The standard InChI is InChI=1S/C14H17N5O3/c1-6-4-8(12(20)17-9(5-15)7-2-3-7)16-11-10(6)13(21)19-14(22)18-11/h4,7,9H,2-3,5,15H2,1H3,(H,17,20)(H2,16,18,19,21,22). The van der Waals surface area contributed by atoms with Crippen LogP contribution in [-0.2, 0) is 0 Å². The lowest BCUT2D eigenvalue weighted by Gasteiger charge is -2.16. The van der Waals surface area contributed by atoms with Gasteiger partial charge in [0.15, 0.2) is 0 Å². The highest BCUT2D eigenvalue weighted by Crippen LogP contribution is 2.32. The predicted molar refractivity (Wildman–Crippen MR) is 80.8 cm³/mol. The fourth-order valence-electron chi connectivity index (χ4n) is 2.58. The van der Waals surface area contributed by atoms with E-state index in [1.165, 1.54) is 6.07 Å². The van der Waals surface area contributed by atoms with Crippen molar-refractivity contribution >= 4 is 16.9 Å². The van der Waals surface area contributed by atoms with Crippen LogP contribution in [0.15, 0.2) is 15.7 Å². The maximum absolute atomic E-state index is 12.3. The first-order valence-electron chi connectivity index (χ1n) is 7.14. The summed E-state index contributed by atoms with van der Waals surface area (Å²) in [6, 6.07) is 1.47. The molecule has 0 aromatic carbocycles. The topological polar surface area (TPSA) is 134 Å². The van der Waals surface area contributed by atoms with E-state index in [0.717, 1.165) is 12.8 Å². The molecule has 2 aromatic rings. The molecule has 1 unspecified atom stereocenters. The van der Waals surface area contributed by atoms with Gasteiger partial charge < -0.3 is 11.1 Å². The summed E-state index contributed by atoms with van der Waals surface area (Å²) >= 11 is 0. The van der Waals surface area contributed by atoms with Crippen molar-refractivity contribution in [3.05, 3.63) is 38.2 Å². The van der Waals surface area contributed by atoms with Crippen molar-refractivity contribution in [2.45, 2.75) is 25.8 Å². The van der Waals surface area contributed by atoms with E-state index in [9.17, 15) is 14.4 Å². The third-order valence-electron chi connectivity index (χ3n) is 3.90. The number of nitrogens with one attached hydrogen (secondary N) is 3. The quantitative estimate of drug-likeness (QED) is 0.597. The monoisotopic (exact) mass is 303 g/mol. The van der Waals surface area contributed by atoms with Crippen LogP contribution < -0.4 is 22.3 Å². The number of hydrogen-bond acceptors (Lipinski definition) is 5. The Kier molecular flexibility index (Phi) is 3.53. The molecule has 0 radical (unpaired) electrons. The Hall–Kier alpha value is -2.48. The number of hydrogen-bond donors (Lipinski definition) is 4. The molecule has 0 bridgehead atoms. The van der Waals surface area contributed by atoms with Crippen molar-refractivity contribution in [1.29, 1.82) is 0 Å².